The molecule has 150 valence electrons. The van der Waals surface area contributed by atoms with Gasteiger partial charge in [-0.25, -0.2) is 13.6 Å². The van der Waals surface area contributed by atoms with Crippen molar-refractivity contribution in [2.45, 2.75) is 0 Å². The minimum atomic E-state index is -1.15. The number of hydrogen-bond acceptors (Lipinski definition) is 7. The lowest BCUT2D eigenvalue weighted by atomic mass is 10.1. The topological polar surface area (TPSA) is 117 Å². The normalized spacial score (nSPS) is 12.1. The van der Waals surface area contributed by atoms with Gasteiger partial charge in [0.2, 0.25) is 6.79 Å². The predicted octanol–water partition coefficient (Wildman–Crippen LogP) is 2.80. The third kappa shape index (κ3) is 4.83. The lowest BCUT2D eigenvalue weighted by Gasteiger charge is -2.06. The number of hydrogen-bond donors (Lipinski definition) is 1. The largest absolute Gasteiger partial charge is 0.454 e. The summed E-state index contributed by atoms with van der Waals surface area (Å²) in [6.45, 7) is -0.778. The first kappa shape index (κ1) is 19.7. The fraction of sp³-hybridized carbons (Fsp3) is 0.111. The Kier molecular flexibility index (Phi) is 5.67. The van der Waals surface area contributed by atoms with Gasteiger partial charge in [-0.05, 0) is 24.3 Å². The van der Waals surface area contributed by atoms with Crippen molar-refractivity contribution in [1.29, 1.82) is 0 Å². The third-order valence-electron chi connectivity index (χ3n) is 3.67. The number of ether oxygens (including phenoxy) is 3. The smallest absolute Gasteiger partial charge is 0.331 e. The van der Waals surface area contributed by atoms with Crippen LogP contribution >= 0.6 is 0 Å². The molecular formula is C18H12F2N2O7. The zero-order valence-corrected chi connectivity index (χ0v) is 14.5. The summed E-state index contributed by atoms with van der Waals surface area (Å²) in [5.74, 6) is -3.45. The lowest BCUT2D eigenvalue weighted by molar-refractivity contribution is -0.385. The van der Waals surface area contributed by atoms with E-state index in [1.807, 2.05) is 0 Å². The number of anilines is 1. The summed E-state index contributed by atoms with van der Waals surface area (Å²) < 4.78 is 40.9. The molecule has 0 aromatic heterocycles. The zero-order valence-electron chi connectivity index (χ0n) is 14.5. The molecule has 0 bridgehead atoms. The maximum Gasteiger partial charge on any atom is 0.331 e. The summed E-state index contributed by atoms with van der Waals surface area (Å²) in [7, 11) is 0. The molecule has 2 aromatic rings. The molecule has 0 aliphatic carbocycles. The average Bonchev–Trinajstić information content (AvgIpc) is 3.14. The molecule has 0 radical (unpaired) electrons. The molecule has 1 N–H and O–H groups in total. The highest BCUT2D eigenvalue weighted by atomic mass is 19.2. The van der Waals surface area contributed by atoms with Crippen LogP contribution in [0, 0.1) is 21.7 Å². The molecule has 1 amide bonds. The van der Waals surface area contributed by atoms with E-state index in [2.05, 4.69) is 5.32 Å². The Morgan fingerprint density at radius 1 is 1.17 bits per heavy atom. The zero-order chi connectivity index (χ0) is 21.0. The fourth-order valence-corrected chi connectivity index (χ4v) is 2.35. The Morgan fingerprint density at radius 3 is 2.59 bits per heavy atom. The van der Waals surface area contributed by atoms with Gasteiger partial charge in [-0.3, -0.25) is 14.9 Å². The van der Waals surface area contributed by atoms with Gasteiger partial charge in [-0.1, -0.05) is 0 Å². The Bertz CT molecular complexity index is 1020. The molecule has 0 atom stereocenters. The van der Waals surface area contributed by atoms with Crippen LogP contribution < -0.4 is 14.8 Å². The number of benzene rings is 2. The summed E-state index contributed by atoms with van der Waals surface area (Å²) in [5.41, 5.74) is -0.256. The van der Waals surface area contributed by atoms with Gasteiger partial charge in [-0.2, -0.15) is 0 Å². The van der Waals surface area contributed by atoms with Crippen molar-refractivity contribution in [1.82, 2.24) is 0 Å². The number of carbonyl (C=O) groups is 2. The monoisotopic (exact) mass is 406 g/mol. The summed E-state index contributed by atoms with van der Waals surface area (Å²) in [6.07, 6.45) is 2.03. The number of carbonyl (C=O) groups excluding carboxylic acids is 2. The van der Waals surface area contributed by atoms with Crippen LogP contribution in [-0.4, -0.2) is 30.2 Å². The highest BCUT2D eigenvalue weighted by Gasteiger charge is 2.22. The van der Waals surface area contributed by atoms with Gasteiger partial charge >= 0.3 is 5.97 Å². The van der Waals surface area contributed by atoms with Gasteiger partial charge in [0.05, 0.1) is 16.6 Å². The minimum absolute atomic E-state index is 0.0172. The number of amides is 1. The first-order valence-electron chi connectivity index (χ1n) is 8.01. The van der Waals surface area contributed by atoms with Crippen molar-refractivity contribution in [3.05, 3.63) is 63.7 Å². The van der Waals surface area contributed by atoms with Crippen LogP contribution in [0.1, 0.15) is 5.56 Å². The molecule has 0 saturated carbocycles. The Hall–Kier alpha value is -4.02. The maximum absolute atomic E-state index is 13.1. The van der Waals surface area contributed by atoms with Gasteiger partial charge < -0.3 is 19.5 Å². The standard InChI is InChI=1S/C18H12F2N2O7/c19-12-3-2-11(6-13(12)20)21-17(23)8-27-18(24)4-1-10-5-15-16(29-9-28-15)7-14(10)22(25)26/h1-7H,8-9H2,(H,21,23)/b4-1+. The Labute approximate surface area is 161 Å². The van der Waals surface area contributed by atoms with E-state index in [4.69, 9.17) is 14.2 Å². The second-order valence-electron chi connectivity index (χ2n) is 5.64. The molecular weight excluding hydrogens is 394 g/mol. The number of nitro benzene ring substituents is 1. The summed E-state index contributed by atoms with van der Waals surface area (Å²) in [5, 5.41) is 13.4. The van der Waals surface area contributed by atoms with Crippen molar-refractivity contribution >= 4 is 29.3 Å². The second-order valence-corrected chi connectivity index (χ2v) is 5.64. The molecule has 3 rings (SSSR count). The molecule has 11 heteroatoms. The number of nitrogens with zero attached hydrogens (tertiary/aromatic N) is 1. The van der Waals surface area contributed by atoms with Crippen LogP contribution in [-0.2, 0) is 14.3 Å². The Morgan fingerprint density at radius 2 is 1.90 bits per heavy atom. The number of halogens is 2. The molecule has 0 saturated heterocycles. The highest BCUT2D eigenvalue weighted by Crippen LogP contribution is 2.38. The van der Waals surface area contributed by atoms with E-state index in [0.717, 1.165) is 30.4 Å². The van der Waals surface area contributed by atoms with Crippen molar-refractivity contribution in [3.8, 4) is 11.5 Å². The van der Waals surface area contributed by atoms with E-state index >= 15 is 0 Å². The SMILES string of the molecule is O=C(COC(=O)/C=C/c1cc2c(cc1[N+](=O)[O-])OCO2)Nc1ccc(F)c(F)c1. The van der Waals surface area contributed by atoms with Gasteiger partial charge in [0, 0.05) is 17.8 Å². The second kappa shape index (κ2) is 8.33. The molecule has 0 unspecified atom stereocenters. The van der Waals surface area contributed by atoms with Gasteiger partial charge in [0.25, 0.3) is 11.6 Å². The summed E-state index contributed by atoms with van der Waals surface area (Å²) in [6, 6.07) is 5.24. The molecule has 0 fully saturated rings. The number of rotatable bonds is 6. The van der Waals surface area contributed by atoms with E-state index < -0.39 is 35.0 Å². The van der Waals surface area contributed by atoms with Crippen molar-refractivity contribution in [3.63, 3.8) is 0 Å². The number of fused-ring (bicyclic) bond motifs is 1. The van der Waals surface area contributed by atoms with Gasteiger partial charge in [0.15, 0.2) is 29.7 Å². The van der Waals surface area contributed by atoms with Crippen molar-refractivity contribution in [2.75, 3.05) is 18.7 Å². The third-order valence-corrected chi connectivity index (χ3v) is 3.67. The van der Waals surface area contributed by atoms with Gasteiger partial charge in [0.1, 0.15) is 0 Å². The molecule has 0 spiro atoms. The Balaban J connectivity index is 1.59. The van der Waals surface area contributed by atoms with Crippen LogP contribution in [0.3, 0.4) is 0 Å². The number of nitro groups is 1. The van der Waals surface area contributed by atoms with Crippen LogP contribution in [0.2, 0.25) is 0 Å². The number of esters is 1. The number of nitrogens with one attached hydrogen (secondary N) is 1. The van der Waals surface area contributed by atoms with Crippen LogP contribution in [0.4, 0.5) is 20.2 Å². The van der Waals surface area contributed by atoms with E-state index in [-0.39, 0.29) is 35.2 Å². The highest BCUT2D eigenvalue weighted by molar-refractivity contribution is 5.94. The van der Waals surface area contributed by atoms with Crippen molar-refractivity contribution in [2.24, 2.45) is 0 Å². The molecule has 1 aliphatic heterocycles. The van der Waals surface area contributed by atoms with E-state index in [0.29, 0.717) is 0 Å². The molecule has 2 aromatic carbocycles. The lowest BCUT2D eigenvalue weighted by Crippen LogP contribution is -2.20. The summed E-state index contributed by atoms with van der Waals surface area (Å²) >= 11 is 0. The quantitative estimate of drug-likeness (QED) is 0.339. The molecule has 29 heavy (non-hydrogen) atoms. The predicted molar refractivity (Wildman–Crippen MR) is 94.2 cm³/mol. The van der Waals surface area contributed by atoms with Crippen LogP contribution in [0.15, 0.2) is 36.4 Å². The fourth-order valence-electron chi connectivity index (χ4n) is 2.35. The van der Waals surface area contributed by atoms with E-state index in [1.54, 1.807) is 0 Å². The maximum atomic E-state index is 13.1. The first-order chi connectivity index (χ1) is 13.8. The van der Waals surface area contributed by atoms with E-state index in [1.165, 1.54) is 12.1 Å². The van der Waals surface area contributed by atoms with Crippen LogP contribution in [0.5, 0.6) is 11.5 Å². The molecule has 9 nitrogen and oxygen atoms in total. The first-order valence-corrected chi connectivity index (χ1v) is 8.01. The molecule has 1 heterocycles. The van der Waals surface area contributed by atoms with Crippen LogP contribution in [0.25, 0.3) is 6.08 Å². The van der Waals surface area contributed by atoms with E-state index in [9.17, 15) is 28.5 Å². The van der Waals surface area contributed by atoms with Gasteiger partial charge in [-0.15, -0.1) is 0 Å². The minimum Gasteiger partial charge on any atom is -0.454 e. The molecule has 1 aliphatic rings. The van der Waals surface area contributed by atoms with Crippen molar-refractivity contribution < 1.29 is 37.5 Å². The summed E-state index contributed by atoms with van der Waals surface area (Å²) in [4.78, 5) is 34.0. The average molecular weight is 406 g/mol.